The molecular weight excluding hydrogens is 360 g/mol. The van der Waals surface area contributed by atoms with E-state index in [4.69, 9.17) is 0 Å². The second kappa shape index (κ2) is 9.61. The van der Waals surface area contributed by atoms with Crippen LogP contribution in [0.25, 0.3) is 0 Å². The normalized spacial score (nSPS) is 11.7. The second-order valence-corrected chi connectivity index (χ2v) is 6.90. The average Bonchev–Trinajstić information content (AvgIpc) is 2.63. The molecule has 0 fully saturated rings. The highest BCUT2D eigenvalue weighted by molar-refractivity contribution is 5.97. The Morgan fingerprint density at radius 3 is 2.39 bits per heavy atom. The van der Waals surface area contributed by atoms with Crippen LogP contribution < -0.4 is 16.2 Å². The van der Waals surface area contributed by atoms with Gasteiger partial charge in [0, 0.05) is 12.5 Å². The van der Waals surface area contributed by atoms with Gasteiger partial charge in [0.15, 0.2) is 0 Å². The van der Waals surface area contributed by atoms with Crippen LogP contribution in [0.5, 0.6) is 0 Å². The van der Waals surface area contributed by atoms with Gasteiger partial charge in [-0.3, -0.25) is 25.1 Å². The number of nitrogens with one attached hydrogen (secondary N) is 3. The second-order valence-electron chi connectivity index (χ2n) is 6.90. The van der Waals surface area contributed by atoms with Crippen molar-refractivity contribution in [3.05, 3.63) is 69.8 Å². The van der Waals surface area contributed by atoms with Crippen molar-refractivity contribution in [3.8, 4) is 0 Å². The molecule has 2 aromatic rings. The minimum Gasteiger partial charge on any atom is -0.319 e. The van der Waals surface area contributed by atoms with Gasteiger partial charge in [-0.25, -0.2) is 5.43 Å². The Balaban J connectivity index is 2.22. The smallest absolute Gasteiger partial charge is 0.293 e. The van der Waals surface area contributed by atoms with Crippen LogP contribution in [0.4, 0.5) is 11.4 Å². The summed E-state index contributed by atoms with van der Waals surface area (Å²) in [5.41, 5.74) is 6.51. The lowest BCUT2D eigenvalue weighted by molar-refractivity contribution is -0.384. The zero-order valence-corrected chi connectivity index (χ0v) is 16.1. The number of carbonyl (C=O) groups excluding carboxylic acids is 2. The third kappa shape index (κ3) is 5.88. The molecule has 0 heterocycles. The van der Waals surface area contributed by atoms with Crippen LogP contribution in [0.2, 0.25) is 0 Å². The predicted molar refractivity (Wildman–Crippen MR) is 106 cm³/mol. The summed E-state index contributed by atoms with van der Waals surface area (Å²) in [7, 11) is 0. The van der Waals surface area contributed by atoms with Crippen molar-refractivity contribution in [1.82, 2.24) is 10.9 Å². The highest BCUT2D eigenvalue weighted by Crippen LogP contribution is 2.26. The third-order valence-electron chi connectivity index (χ3n) is 3.95. The molecule has 0 aliphatic rings. The zero-order chi connectivity index (χ0) is 20.7. The molecule has 0 aromatic heterocycles. The summed E-state index contributed by atoms with van der Waals surface area (Å²) < 4.78 is 0. The molecule has 0 bridgehead atoms. The van der Waals surface area contributed by atoms with Gasteiger partial charge in [0.1, 0.15) is 11.7 Å². The van der Waals surface area contributed by atoms with E-state index in [1.165, 1.54) is 12.1 Å². The van der Waals surface area contributed by atoms with Gasteiger partial charge in [0.2, 0.25) is 11.8 Å². The molecule has 0 saturated carbocycles. The van der Waals surface area contributed by atoms with Gasteiger partial charge in [-0.1, -0.05) is 50.2 Å². The van der Waals surface area contributed by atoms with E-state index >= 15 is 0 Å². The van der Waals surface area contributed by atoms with Crippen molar-refractivity contribution in [2.45, 2.75) is 33.2 Å². The van der Waals surface area contributed by atoms with Crippen LogP contribution in [0.3, 0.4) is 0 Å². The maximum Gasteiger partial charge on any atom is 0.293 e. The number of hydrogen-bond donors (Lipinski definition) is 3. The predicted octanol–water partition coefficient (Wildman–Crippen LogP) is 3.25. The molecule has 0 spiro atoms. The molecule has 0 saturated heterocycles. The van der Waals surface area contributed by atoms with Gasteiger partial charge in [0.05, 0.1) is 4.92 Å². The van der Waals surface area contributed by atoms with Crippen molar-refractivity contribution in [2.24, 2.45) is 5.92 Å². The van der Waals surface area contributed by atoms with E-state index in [1.807, 2.05) is 13.8 Å². The third-order valence-corrected chi connectivity index (χ3v) is 3.95. The lowest BCUT2D eigenvalue weighted by Gasteiger charge is -2.20. The number of hydrogen-bond acceptors (Lipinski definition) is 5. The fourth-order valence-corrected chi connectivity index (χ4v) is 2.62. The Hall–Kier alpha value is -3.26. The van der Waals surface area contributed by atoms with Crippen molar-refractivity contribution in [3.63, 3.8) is 0 Å². The molecule has 1 atom stereocenters. The Morgan fingerprint density at radius 1 is 1.11 bits per heavy atom. The fraction of sp³-hybridized carbons (Fsp3) is 0.300. The molecule has 2 aromatic carbocycles. The summed E-state index contributed by atoms with van der Waals surface area (Å²) in [5, 5.41) is 13.9. The number of anilines is 1. The van der Waals surface area contributed by atoms with Crippen molar-refractivity contribution in [2.75, 3.05) is 5.32 Å². The van der Waals surface area contributed by atoms with Crippen molar-refractivity contribution >= 4 is 23.2 Å². The zero-order valence-electron chi connectivity index (χ0n) is 16.1. The van der Waals surface area contributed by atoms with Crippen molar-refractivity contribution < 1.29 is 14.5 Å². The Bertz CT molecular complexity index is 853. The summed E-state index contributed by atoms with van der Waals surface area (Å²) in [6.07, 6.45) is 0.305. The highest BCUT2D eigenvalue weighted by Gasteiger charge is 2.24. The number of nitro benzene ring substituents is 1. The first-order chi connectivity index (χ1) is 13.3. The minimum absolute atomic E-state index is 0.0943. The van der Waals surface area contributed by atoms with Gasteiger partial charge in [-0.05, 0) is 30.0 Å². The SMILES string of the molecule is Cc1ccc(NC(=O)[C@@H](NNC(=O)CC(C)C)c2ccccc2)c([N+](=O)[O-])c1. The summed E-state index contributed by atoms with van der Waals surface area (Å²) in [6, 6.07) is 12.4. The monoisotopic (exact) mass is 384 g/mol. The quantitative estimate of drug-likeness (QED) is 0.478. The Kier molecular flexibility index (Phi) is 7.22. The lowest BCUT2D eigenvalue weighted by Crippen LogP contribution is -2.44. The van der Waals surface area contributed by atoms with E-state index in [0.717, 1.165) is 0 Å². The number of carbonyl (C=O) groups is 2. The molecule has 8 heteroatoms. The van der Waals surface area contributed by atoms with E-state index < -0.39 is 16.9 Å². The van der Waals surface area contributed by atoms with Gasteiger partial charge >= 0.3 is 0 Å². The molecule has 3 N–H and O–H groups in total. The summed E-state index contributed by atoms with van der Waals surface area (Å²) in [6.45, 7) is 5.56. The first kappa shape index (κ1) is 21.0. The number of amides is 2. The first-order valence-electron chi connectivity index (χ1n) is 8.93. The molecule has 8 nitrogen and oxygen atoms in total. The number of hydrazine groups is 1. The average molecular weight is 384 g/mol. The molecule has 0 aliphatic heterocycles. The number of nitro groups is 1. The number of benzene rings is 2. The number of aryl methyl sites for hydroxylation is 1. The number of nitrogens with zero attached hydrogens (tertiary/aromatic N) is 1. The first-order valence-corrected chi connectivity index (χ1v) is 8.93. The molecule has 2 amide bonds. The van der Waals surface area contributed by atoms with E-state index in [1.54, 1.807) is 43.3 Å². The van der Waals surface area contributed by atoms with Crippen LogP contribution in [0.15, 0.2) is 48.5 Å². The van der Waals surface area contributed by atoms with Crippen LogP contribution in [-0.2, 0) is 9.59 Å². The summed E-state index contributed by atoms with van der Waals surface area (Å²) in [4.78, 5) is 35.6. The van der Waals surface area contributed by atoms with Gasteiger partial charge < -0.3 is 5.32 Å². The Labute approximate surface area is 163 Å². The summed E-state index contributed by atoms with van der Waals surface area (Å²) in [5.74, 6) is -0.603. The van der Waals surface area contributed by atoms with Crippen LogP contribution in [0, 0.1) is 23.0 Å². The van der Waals surface area contributed by atoms with Crippen molar-refractivity contribution in [1.29, 1.82) is 0 Å². The molecule has 0 aliphatic carbocycles. The molecule has 2 rings (SSSR count). The molecule has 28 heavy (non-hydrogen) atoms. The van der Waals surface area contributed by atoms with Gasteiger partial charge in [0.25, 0.3) is 5.69 Å². The topological polar surface area (TPSA) is 113 Å². The molecule has 0 radical (unpaired) electrons. The lowest BCUT2D eigenvalue weighted by atomic mass is 10.1. The van der Waals surface area contributed by atoms with E-state index in [-0.39, 0.29) is 23.2 Å². The summed E-state index contributed by atoms with van der Waals surface area (Å²) >= 11 is 0. The highest BCUT2D eigenvalue weighted by atomic mass is 16.6. The Morgan fingerprint density at radius 2 is 1.79 bits per heavy atom. The maximum atomic E-state index is 12.9. The van der Waals surface area contributed by atoms with Gasteiger partial charge in [-0.15, -0.1) is 0 Å². The van der Waals surface area contributed by atoms with E-state index in [0.29, 0.717) is 17.5 Å². The molecule has 148 valence electrons. The van der Waals surface area contributed by atoms with Crippen LogP contribution in [0.1, 0.15) is 37.4 Å². The molecule has 0 unspecified atom stereocenters. The molecular formula is C20H24N4O4. The standard InChI is InChI=1S/C20H24N4O4/c1-13(2)11-18(25)22-23-19(15-7-5-4-6-8-15)20(26)21-16-10-9-14(3)12-17(16)24(27)28/h4-10,12-13,19,23H,11H2,1-3H3,(H,21,26)(H,22,25)/t19-/m0/s1. The maximum absolute atomic E-state index is 12.9. The van der Waals surface area contributed by atoms with Gasteiger partial charge in [-0.2, -0.15) is 0 Å². The fourth-order valence-electron chi connectivity index (χ4n) is 2.62. The van der Waals surface area contributed by atoms with Crippen LogP contribution >= 0.6 is 0 Å². The van der Waals surface area contributed by atoms with Crippen LogP contribution in [-0.4, -0.2) is 16.7 Å². The largest absolute Gasteiger partial charge is 0.319 e. The number of rotatable bonds is 8. The van der Waals surface area contributed by atoms with E-state index in [2.05, 4.69) is 16.2 Å². The van der Waals surface area contributed by atoms with E-state index in [9.17, 15) is 19.7 Å². The minimum atomic E-state index is -0.918.